The van der Waals surface area contributed by atoms with Gasteiger partial charge in [-0.25, -0.2) is 0 Å². The van der Waals surface area contributed by atoms with E-state index in [1.165, 1.54) is 12.1 Å². The van der Waals surface area contributed by atoms with Crippen LogP contribution in [-0.2, 0) is 16.0 Å². The number of aliphatic carboxylic acids is 1. The van der Waals surface area contributed by atoms with Gasteiger partial charge in [-0.3, -0.25) is 9.59 Å². The van der Waals surface area contributed by atoms with Gasteiger partial charge in [0.2, 0.25) is 5.91 Å². The fourth-order valence-electron chi connectivity index (χ4n) is 2.37. The van der Waals surface area contributed by atoms with E-state index in [9.17, 15) is 14.7 Å². The standard InChI is InChI=1S/C18H20N2O4/c19-15(10-12-6-8-14(21)9-7-12)18(24)20-16(11-17(22)23)13-4-2-1-3-5-13/h1-9,15-16,21H,10-11,19H2,(H,20,24)(H,22,23)/t15-,16+/m0/s1. The van der Waals surface area contributed by atoms with Gasteiger partial charge in [0.25, 0.3) is 0 Å². The van der Waals surface area contributed by atoms with Gasteiger partial charge in [-0.2, -0.15) is 0 Å². The maximum atomic E-state index is 12.3. The number of phenols is 1. The van der Waals surface area contributed by atoms with Crippen molar-refractivity contribution in [3.8, 4) is 5.75 Å². The van der Waals surface area contributed by atoms with E-state index in [1.54, 1.807) is 36.4 Å². The number of aromatic hydroxyl groups is 1. The molecule has 0 fully saturated rings. The highest BCUT2D eigenvalue weighted by atomic mass is 16.4. The Morgan fingerprint density at radius 3 is 2.25 bits per heavy atom. The second-order valence-corrected chi connectivity index (χ2v) is 5.55. The molecule has 2 aromatic carbocycles. The van der Waals surface area contributed by atoms with Crippen molar-refractivity contribution in [2.24, 2.45) is 5.73 Å². The summed E-state index contributed by atoms with van der Waals surface area (Å²) < 4.78 is 0. The summed E-state index contributed by atoms with van der Waals surface area (Å²) in [6, 6.07) is 13.9. The molecule has 2 aromatic rings. The highest BCUT2D eigenvalue weighted by molar-refractivity contribution is 5.83. The maximum absolute atomic E-state index is 12.3. The highest BCUT2D eigenvalue weighted by Crippen LogP contribution is 2.17. The number of carboxylic acids is 1. The fourth-order valence-corrected chi connectivity index (χ4v) is 2.37. The zero-order valence-corrected chi connectivity index (χ0v) is 13.1. The molecule has 0 heterocycles. The molecule has 24 heavy (non-hydrogen) atoms. The second-order valence-electron chi connectivity index (χ2n) is 5.55. The number of nitrogens with one attached hydrogen (secondary N) is 1. The summed E-state index contributed by atoms with van der Waals surface area (Å²) >= 11 is 0. The minimum absolute atomic E-state index is 0.141. The van der Waals surface area contributed by atoms with Crippen LogP contribution in [0.15, 0.2) is 54.6 Å². The number of hydrogen-bond acceptors (Lipinski definition) is 4. The third-order valence-corrected chi connectivity index (χ3v) is 3.63. The van der Waals surface area contributed by atoms with E-state index in [0.29, 0.717) is 12.0 Å². The largest absolute Gasteiger partial charge is 0.508 e. The van der Waals surface area contributed by atoms with Gasteiger partial charge in [-0.15, -0.1) is 0 Å². The quantitative estimate of drug-likeness (QED) is 0.616. The van der Waals surface area contributed by atoms with Gasteiger partial charge >= 0.3 is 5.97 Å². The molecule has 0 saturated carbocycles. The Labute approximate surface area is 139 Å². The third kappa shape index (κ3) is 5.10. The molecule has 126 valence electrons. The van der Waals surface area contributed by atoms with Crippen LogP contribution in [0.3, 0.4) is 0 Å². The van der Waals surface area contributed by atoms with E-state index in [2.05, 4.69) is 5.32 Å². The van der Waals surface area contributed by atoms with Crippen molar-refractivity contribution < 1.29 is 19.8 Å². The normalized spacial score (nSPS) is 13.0. The summed E-state index contributed by atoms with van der Waals surface area (Å²) in [6.07, 6.45) is 0.0718. The number of rotatable bonds is 7. The summed E-state index contributed by atoms with van der Waals surface area (Å²) in [6.45, 7) is 0. The fraction of sp³-hybridized carbons (Fsp3) is 0.222. The van der Waals surface area contributed by atoms with Crippen molar-refractivity contribution in [3.63, 3.8) is 0 Å². The first kappa shape index (κ1) is 17.5. The van der Waals surface area contributed by atoms with Gasteiger partial charge < -0.3 is 21.3 Å². The molecular formula is C18H20N2O4. The SMILES string of the molecule is N[C@@H](Cc1ccc(O)cc1)C(=O)N[C@H](CC(=O)O)c1ccccc1. The molecule has 2 rings (SSSR count). The van der Waals surface area contributed by atoms with Gasteiger partial charge in [-0.1, -0.05) is 42.5 Å². The Morgan fingerprint density at radius 1 is 1.04 bits per heavy atom. The predicted octanol–water partition coefficient (Wildman–Crippen LogP) is 1.59. The number of hydrogen-bond donors (Lipinski definition) is 4. The lowest BCUT2D eigenvalue weighted by Gasteiger charge is -2.20. The molecule has 0 aliphatic carbocycles. The topological polar surface area (TPSA) is 113 Å². The average Bonchev–Trinajstić information content (AvgIpc) is 2.56. The molecule has 0 bridgehead atoms. The van der Waals surface area contributed by atoms with E-state index in [4.69, 9.17) is 10.8 Å². The molecule has 1 amide bonds. The summed E-state index contributed by atoms with van der Waals surface area (Å²) in [5, 5.41) is 21.0. The van der Waals surface area contributed by atoms with Crippen LogP contribution in [0.4, 0.5) is 0 Å². The van der Waals surface area contributed by atoms with Crippen molar-refractivity contribution in [1.82, 2.24) is 5.32 Å². The zero-order chi connectivity index (χ0) is 17.5. The van der Waals surface area contributed by atoms with Crippen LogP contribution in [0.2, 0.25) is 0 Å². The third-order valence-electron chi connectivity index (χ3n) is 3.63. The van der Waals surface area contributed by atoms with Crippen LogP contribution in [-0.4, -0.2) is 28.1 Å². The number of benzene rings is 2. The summed E-state index contributed by atoms with van der Waals surface area (Å²) in [7, 11) is 0. The Hall–Kier alpha value is -2.86. The van der Waals surface area contributed by atoms with E-state index in [1.807, 2.05) is 6.07 Å². The molecule has 0 radical (unpaired) electrons. The molecule has 0 spiro atoms. The first-order valence-corrected chi connectivity index (χ1v) is 7.56. The number of nitrogens with two attached hydrogens (primary N) is 1. The summed E-state index contributed by atoms with van der Waals surface area (Å²) in [5.74, 6) is -1.28. The molecular weight excluding hydrogens is 308 g/mol. The Bertz CT molecular complexity index is 686. The lowest BCUT2D eigenvalue weighted by Crippen LogP contribution is -2.44. The predicted molar refractivity (Wildman–Crippen MR) is 89.4 cm³/mol. The van der Waals surface area contributed by atoms with Crippen molar-refractivity contribution in [2.75, 3.05) is 0 Å². The lowest BCUT2D eigenvalue weighted by atomic mass is 10.0. The van der Waals surface area contributed by atoms with Crippen LogP contribution in [0.1, 0.15) is 23.6 Å². The van der Waals surface area contributed by atoms with Crippen LogP contribution in [0, 0.1) is 0 Å². The average molecular weight is 328 g/mol. The van der Waals surface area contributed by atoms with Crippen molar-refractivity contribution in [2.45, 2.75) is 24.9 Å². The van der Waals surface area contributed by atoms with Crippen molar-refractivity contribution >= 4 is 11.9 Å². The first-order chi connectivity index (χ1) is 11.5. The molecule has 6 heteroatoms. The van der Waals surface area contributed by atoms with Crippen molar-refractivity contribution in [1.29, 1.82) is 0 Å². The molecule has 2 atom stereocenters. The van der Waals surface area contributed by atoms with E-state index < -0.39 is 24.0 Å². The Balaban J connectivity index is 2.03. The van der Waals surface area contributed by atoms with Crippen LogP contribution in [0.5, 0.6) is 5.75 Å². The second kappa shape index (κ2) is 8.12. The number of carboxylic acid groups (broad SMARTS) is 1. The molecule has 0 aromatic heterocycles. The number of carbonyl (C=O) groups excluding carboxylic acids is 1. The minimum Gasteiger partial charge on any atom is -0.508 e. The number of amides is 1. The molecule has 5 N–H and O–H groups in total. The Morgan fingerprint density at radius 2 is 1.67 bits per heavy atom. The number of phenolic OH excluding ortho intramolecular Hbond substituents is 1. The van der Waals surface area contributed by atoms with E-state index >= 15 is 0 Å². The molecule has 0 aliphatic heterocycles. The van der Waals surface area contributed by atoms with Gasteiger partial charge in [0.15, 0.2) is 0 Å². The number of carbonyl (C=O) groups is 2. The molecule has 6 nitrogen and oxygen atoms in total. The molecule has 0 saturated heterocycles. The van der Waals surface area contributed by atoms with Gasteiger partial charge in [0, 0.05) is 0 Å². The zero-order valence-electron chi connectivity index (χ0n) is 13.1. The van der Waals surface area contributed by atoms with Gasteiger partial charge in [0.1, 0.15) is 5.75 Å². The van der Waals surface area contributed by atoms with Crippen LogP contribution in [0.25, 0.3) is 0 Å². The maximum Gasteiger partial charge on any atom is 0.305 e. The summed E-state index contributed by atoms with van der Waals surface area (Å²) in [4.78, 5) is 23.4. The molecule has 0 aliphatic rings. The molecule has 0 unspecified atom stereocenters. The van der Waals surface area contributed by atoms with E-state index in [-0.39, 0.29) is 12.2 Å². The van der Waals surface area contributed by atoms with Gasteiger partial charge in [0.05, 0.1) is 18.5 Å². The van der Waals surface area contributed by atoms with E-state index in [0.717, 1.165) is 5.56 Å². The van der Waals surface area contributed by atoms with Gasteiger partial charge in [-0.05, 0) is 29.7 Å². The minimum atomic E-state index is -1.00. The summed E-state index contributed by atoms with van der Waals surface area (Å²) in [5.41, 5.74) is 7.45. The smallest absolute Gasteiger partial charge is 0.305 e. The monoisotopic (exact) mass is 328 g/mol. The van der Waals surface area contributed by atoms with Crippen molar-refractivity contribution in [3.05, 3.63) is 65.7 Å². The lowest BCUT2D eigenvalue weighted by molar-refractivity contribution is -0.137. The Kier molecular flexibility index (Phi) is 5.92. The van der Waals surface area contributed by atoms with Crippen LogP contribution < -0.4 is 11.1 Å². The van der Waals surface area contributed by atoms with Crippen LogP contribution >= 0.6 is 0 Å². The highest BCUT2D eigenvalue weighted by Gasteiger charge is 2.21. The first-order valence-electron chi connectivity index (χ1n) is 7.56.